The summed E-state index contributed by atoms with van der Waals surface area (Å²) in [5.74, 6) is 0.518. The number of rotatable bonds is 6. The van der Waals surface area contributed by atoms with Crippen molar-refractivity contribution in [3.63, 3.8) is 0 Å². The van der Waals surface area contributed by atoms with Gasteiger partial charge in [-0.2, -0.15) is 0 Å². The number of carbonyl (C=O) groups is 1. The Labute approximate surface area is 157 Å². The van der Waals surface area contributed by atoms with Crippen LogP contribution in [0.1, 0.15) is 23.6 Å². The van der Waals surface area contributed by atoms with Crippen molar-refractivity contribution in [2.75, 3.05) is 11.9 Å². The lowest BCUT2D eigenvalue weighted by molar-refractivity contribution is -0.118. The molecule has 0 aliphatic heterocycles. The van der Waals surface area contributed by atoms with Crippen LogP contribution >= 0.6 is 11.3 Å². The van der Waals surface area contributed by atoms with E-state index in [1.165, 1.54) is 16.9 Å². The second-order valence-corrected chi connectivity index (χ2v) is 6.98. The first-order valence-electron chi connectivity index (χ1n) is 8.60. The highest BCUT2D eigenvalue weighted by Crippen LogP contribution is 2.25. The number of carbonyl (C=O) groups excluding carboxylic acids is 1. The van der Waals surface area contributed by atoms with Crippen LogP contribution < -0.4 is 10.1 Å². The van der Waals surface area contributed by atoms with Gasteiger partial charge < -0.3 is 4.74 Å². The predicted octanol–water partition coefficient (Wildman–Crippen LogP) is 5.01. The van der Waals surface area contributed by atoms with Gasteiger partial charge in [0.05, 0.1) is 5.69 Å². The molecule has 1 amide bonds. The molecule has 0 bridgehead atoms. The summed E-state index contributed by atoms with van der Waals surface area (Å²) in [7, 11) is 0. The van der Waals surface area contributed by atoms with Crippen LogP contribution in [0.3, 0.4) is 0 Å². The van der Waals surface area contributed by atoms with Crippen LogP contribution in [0.15, 0.2) is 47.8 Å². The molecule has 1 heterocycles. The van der Waals surface area contributed by atoms with Gasteiger partial charge in [0.1, 0.15) is 5.75 Å². The molecule has 0 unspecified atom stereocenters. The highest BCUT2D eigenvalue weighted by Gasteiger charge is 2.10. The van der Waals surface area contributed by atoms with Crippen molar-refractivity contribution < 1.29 is 9.53 Å². The molecule has 0 saturated carbocycles. The van der Waals surface area contributed by atoms with Crippen molar-refractivity contribution in [3.05, 3.63) is 64.5 Å². The SMILES string of the molecule is CCc1ccc(-c2csc(NC(=O)COc3cccc(C)c3C)n2)cc1. The number of benzene rings is 2. The van der Waals surface area contributed by atoms with Crippen molar-refractivity contribution >= 4 is 22.4 Å². The maximum atomic E-state index is 12.1. The van der Waals surface area contributed by atoms with E-state index in [2.05, 4.69) is 41.5 Å². The Morgan fingerprint density at radius 2 is 1.92 bits per heavy atom. The fraction of sp³-hybridized carbons (Fsp3) is 0.238. The standard InChI is InChI=1S/C21H22N2O2S/c1-4-16-8-10-17(11-9-16)18-13-26-21(22-18)23-20(24)12-25-19-7-5-6-14(2)15(19)3/h5-11,13H,4,12H2,1-3H3,(H,22,23,24). The minimum Gasteiger partial charge on any atom is -0.483 e. The van der Waals surface area contributed by atoms with Gasteiger partial charge in [0.15, 0.2) is 11.7 Å². The molecule has 5 heteroatoms. The maximum Gasteiger partial charge on any atom is 0.264 e. The number of thiazole rings is 1. The van der Waals surface area contributed by atoms with E-state index in [0.29, 0.717) is 5.13 Å². The second kappa shape index (κ2) is 8.15. The van der Waals surface area contributed by atoms with Crippen molar-refractivity contribution in [2.45, 2.75) is 27.2 Å². The molecule has 0 atom stereocenters. The smallest absolute Gasteiger partial charge is 0.264 e. The van der Waals surface area contributed by atoms with Crippen LogP contribution in [-0.4, -0.2) is 17.5 Å². The quantitative estimate of drug-likeness (QED) is 0.667. The number of nitrogens with zero attached hydrogens (tertiary/aromatic N) is 1. The molecule has 2 aromatic carbocycles. The molecular weight excluding hydrogens is 344 g/mol. The number of aromatic nitrogens is 1. The number of amides is 1. The molecule has 0 aliphatic carbocycles. The van der Waals surface area contributed by atoms with Gasteiger partial charge in [-0.05, 0) is 43.0 Å². The van der Waals surface area contributed by atoms with E-state index in [1.807, 2.05) is 37.4 Å². The zero-order valence-corrected chi connectivity index (χ0v) is 16.0. The maximum absolute atomic E-state index is 12.1. The van der Waals surface area contributed by atoms with Crippen LogP contribution in [0.2, 0.25) is 0 Å². The summed E-state index contributed by atoms with van der Waals surface area (Å²) < 4.78 is 5.63. The molecule has 0 spiro atoms. The van der Waals surface area contributed by atoms with Crippen LogP contribution in [0.4, 0.5) is 5.13 Å². The molecule has 134 valence electrons. The summed E-state index contributed by atoms with van der Waals surface area (Å²) in [6.45, 7) is 6.10. The van der Waals surface area contributed by atoms with E-state index < -0.39 is 0 Å². The molecule has 0 saturated heterocycles. The summed E-state index contributed by atoms with van der Waals surface area (Å²) in [6, 6.07) is 14.1. The number of ether oxygens (including phenoxy) is 1. The summed E-state index contributed by atoms with van der Waals surface area (Å²) in [6.07, 6.45) is 1.01. The van der Waals surface area contributed by atoms with Crippen LogP contribution in [0, 0.1) is 13.8 Å². The van der Waals surface area contributed by atoms with E-state index >= 15 is 0 Å². The Balaban J connectivity index is 1.59. The summed E-state index contributed by atoms with van der Waals surface area (Å²) in [4.78, 5) is 16.6. The third-order valence-corrected chi connectivity index (χ3v) is 5.08. The van der Waals surface area contributed by atoms with Gasteiger partial charge in [-0.1, -0.05) is 43.3 Å². The van der Waals surface area contributed by atoms with Crippen molar-refractivity contribution in [3.8, 4) is 17.0 Å². The zero-order valence-electron chi connectivity index (χ0n) is 15.2. The Hall–Kier alpha value is -2.66. The molecule has 0 fully saturated rings. The van der Waals surface area contributed by atoms with E-state index in [9.17, 15) is 4.79 Å². The molecule has 26 heavy (non-hydrogen) atoms. The van der Waals surface area contributed by atoms with Crippen LogP contribution in [0.5, 0.6) is 5.75 Å². The number of nitrogens with one attached hydrogen (secondary N) is 1. The van der Waals surface area contributed by atoms with E-state index in [1.54, 1.807) is 0 Å². The van der Waals surface area contributed by atoms with Gasteiger partial charge in [-0.25, -0.2) is 4.98 Å². The fourth-order valence-corrected chi connectivity index (χ4v) is 3.29. The molecular formula is C21H22N2O2S. The van der Waals surface area contributed by atoms with Gasteiger partial charge in [0, 0.05) is 10.9 Å². The molecule has 3 rings (SSSR count). The van der Waals surface area contributed by atoms with E-state index in [4.69, 9.17) is 4.74 Å². The van der Waals surface area contributed by atoms with Gasteiger partial charge in [-0.15, -0.1) is 11.3 Å². The lowest BCUT2D eigenvalue weighted by Crippen LogP contribution is -2.20. The first-order chi connectivity index (χ1) is 12.6. The van der Waals surface area contributed by atoms with Crippen LogP contribution in [-0.2, 0) is 11.2 Å². The fourth-order valence-electron chi connectivity index (χ4n) is 2.55. The Kier molecular flexibility index (Phi) is 5.68. The lowest BCUT2D eigenvalue weighted by atomic mass is 10.1. The minimum absolute atomic E-state index is 0.0373. The van der Waals surface area contributed by atoms with Crippen molar-refractivity contribution in [1.29, 1.82) is 0 Å². The van der Waals surface area contributed by atoms with Crippen molar-refractivity contribution in [1.82, 2.24) is 4.98 Å². The normalized spacial score (nSPS) is 10.6. The Bertz CT molecular complexity index is 901. The molecule has 4 nitrogen and oxygen atoms in total. The summed E-state index contributed by atoms with van der Waals surface area (Å²) in [5.41, 5.74) is 5.39. The first kappa shape index (κ1) is 18.1. The van der Waals surface area contributed by atoms with Gasteiger partial charge >= 0.3 is 0 Å². The number of hydrogen-bond donors (Lipinski definition) is 1. The number of aryl methyl sites for hydroxylation is 2. The topological polar surface area (TPSA) is 51.2 Å². The Morgan fingerprint density at radius 1 is 1.15 bits per heavy atom. The highest BCUT2D eigenvalue weighted by molar-refractivity contribution is 7.14. The van der Waals surface area contributed by atoms with Gasteiger partial charge in [0.2, 0.25) is 0 Å². The van der Waals surface area contributed by atoms with Gasteiger partial charge in [-0.3, -0.25) is 10.1 Å². The molecule has 3 aromatic rings. The average Bonchev–Trinajstić information content (AvgIpc) is 3.11. The summed E-state index contributed by atoms with van der Waals surface area (Å²) in [5, 5.41) is 5.33. The molecule has 1 aromatic heterocycles. The first-order valence-corrected chi connectivity index (χ1v) is 9.48. The zero-order chi connectivity index (χ0) is 18.5. The van der Waals surface area contributed by atoms with E-state index in [-0.39, 0.29) is 12.5 Å². The Morgan fingerprint density at radius 3 is 2.65 bits per heavy atom. The van der Waals surface area contributed by atoms with Gasteiger partial charge in [0.25, 0.3) is 5.91 Å². The van der Waals surface area contributed by atoms with E-state index in [0.717, 1.165) is 34.6 Å². The number of hydrogen-bond acceptors (Lipinski definition) is 4. The van der Waals surface area contributed by atoms with Crippen molar-refractivity contribution in [2.24, 2.45) is 0 Å². The molecule has 1 N–H and O–H groups in total. The minimum atomic E-state index is -0.215. The predicted molar refractivity (Wildman–Crippen MR) is 107 cm³/mol. The van der Waals surface area contributed by atoms with Crippen LogP contribution in [0.25, 0.3) is 11.3 Å². The highest BCUT2D eigenvalue weighted by atomic mass is 32.1. The monoisotopic (exact) mass is 366 g/mol. The summed E-state index contributed by atoms with van der Waals surface area (Å²) >= 11 is 1.41. The third-order valence-electron chi connectivity index (χ3n) is 4.32. The average molecular weight is 366 g/mol. The second-order valence-electron chi connectivity index (χ2n) is 6.12. The molecule has 0 radical (unpaired) electrons. The lowest BCUT2D eigenvalue weighted by Gasteiger charge is -2.10. The third kappa shape index (κ3) is 4.29. The largest absolute Gasteiger partial charge is 0.483 e. The number of anilines is 1. The molecule has 0 aliphatic rings.